The standard InChI is InChI=1S/C17H17N5O2/c1-23-13-9-5-6-10-14(13)24-17-15(18)16(19-11-20-17)22-21-12-7-3-2-4-8-12/h2-11,21H,18H2,1H3,(H,19,20,22). The summed E-state index contributed by atoms with van der Waals surface area (Å²) in [6, 6.07) is 16.9. The summed E-state index contributed by atoms with van der Waals surface area (Å²) < 4.78 is 11.0. The smallest absolute Gasteiger partial charge is 0.248 e. The van der Waals surface area contributed by atoms with Crippen LogP contribution in [0.3, 0.4) is 0 Å². The predicted molar refractivity (Wildman–Crippen MR) is 93.2 cm³/mol. The molecule has 0 radical (unpaired) electrons. The third-order valence-electron chi connectivity index (χ3n) is 3.22. The van der Waals surface area contributed by atoms with Crippen molar-refractivity contribution in [3.05, 3.63) is 60.9 Å². The van der Waals surface area contributed by atoms with Gasteiger partial charge in [-0.1, -0.05) is 30.3 Å². The molecule has 0 atom stereocenters. The molecule has 0 bridgehead atoms. The Hall–Kier alpha value is -3.48. The van der Waals surface area contributed by atoms with Gasteiger partial charge in [-0.15, -0.1) is 0 Å². The molecule has 0 aliphatic rings. The molecule has 0 fully saturated rings. The number of methoxy groups -OCH3 is 1. The van der Waals surface area contributed by atoms with E-state index in [0.717, 1.165) is 5.69 Å². The van der Waals surface area contributed by atoms with E-state index in [0.29, 0.717) is 17.3 Å². The molecule has 3 aromatic rings. The molecule has 0 saturated carbocycles. The predicted octanol–water partition coefficient (Wildman–Crippen LogP) is 3.30. The number of hydrazine groups is 1. The number of rotatable bonds is 6. The summed E-state index contributed by atoms with van der Waals surface area (Å²) in [6.07, 6.45) is 1.37. The first-order valence-corrected chi connectivity index (χ1v) is 7.26. The minimum absolute atomic E-state index is 0.242. The van der Waals surface area contributed by atoms with E-state index in [9.17, 15) is 0 Å². The Morgan fingerprint density at radius 3 is 2.33 bits per heavy atom. The first-order chi connectivity index (χ1) is 11.8. The van der Waals surface area contributed by atoms with Gasteiger partial charge in [0.15, 0.2) is 17.3 Å². The quantitative estimate of drug-likeness (QED) is 0.599. The topological polar surface area (TPSA) is 94.3 Å². The average molecular weight is 323 g/mol. The Bertz CT molecular complexity index is 811. The van der Waals surface area contributed by atoms with Gasteiger partial charge in [-0.2, -0.15) is 4.98 Å². The lowest BCUT2D eigenvalue weighted by Gasteiger charge is -2.14. The number of nitrogens with zero attached hydrogens (tertiary/aromatic N) is 2. The first-order valence-electron chi connectivity index (χ1n) is 7.26. The zero-order valence-corrected chi connectivity index (χ0v) is 13.1. The molecular weight excluding hydrogens is 306 g/mol. The number of aromatic nitrogens is 2. The van der Waals surface area contributed by atoms with Gasteiger partial charge in [0.1, 0.15) is 12.0 Å². The molecule has 7 nitrogen and oxygen atoms in total. The molecule has 122 valence electrons. The fraction of sp³-hybridized carbons (Fsp3) is 0.0588. The number of para-hydroxylation sites is 3. The van der Waals surface area contributed by atoms with Crippen LogP contribution >= 0.6 is 0 Å². The van der Waals surface area contributed by atoms with Crippen LogP contribution in [-0.4, -0.2) is 17.1 Å². The molecule has 3 rings (SSSR count). The molecule has 0 aliphatic carbocycles. The van der Waals surface area contributed by atoms with Crippen LogP contribution in [0.4, 0.5) is 17.2 Å². The highest BCUT2D eigenvalue weighted by molar-refractivity contribution is 5.68. The van der Waals surface area contributed by atoms with Gasteiger partial charge in [0.2, 0.25) is 5.88 Å². The van der Waals surface area contributed by atoms with Crippen molar-refractivity contribution in [3.8, 4) is 17.4 Å². The molecule has 0 aliphatic heterocycles. The number of benzene rings is 2. The lowest BCUT2D eigenvalue weighted by atomic mass is 10.3. The Labute approximate surface area is 139 Å². The van der Waals surface area contributed by atoms with Crippen LogP contribution in [-0.2, 0) is 0 Å². The van der Waals surface area contributed by atoms with Crippen molar-refractivity contribution < 1.29 is 9.47 Å². The van der Waals surface area contributed by atoms with Crippen LogP contribution in [0.5, 0.6) is 17.4 Å². The van der Waals surface area contributed by atoms with Crippen molar-refractivity contribution in [2.45, 2.75) is 0 Å². The van der Waals surface area contributed by atoms with Gasteiger partial charge < -0.3 is 15.2 Å². The number of nitrogens with two attached hydrogens (primary N) is 1. The van der Waals surface area contributed by atoms with Crippen LogP contribution in [0, 0.1) is 0 Å². The summed E-state index contributed by atoms with van der Waals surface area (Å²) in [7, 11) is 1.57. The second-order valence-electron chi connectivity index (χ2n) is 4.81. The van der Waals surface area contributed by atoms with Crippen molar-refractivity contribution in [3.63, 3.8) is 0 Å². The fourth-order valence-electron chi connectivity index (χ4n) is 2.02. The minimum atomic E-state index is 0.242. The van der Waals surface area contributed by atoms with Crippen LogP contribution in [0.15, 0.2) is 60.9 Å². The number of hydrogen-bond acceptors (Lipinski definition) is 7. The van der Waals surface area contributed by atoms with E-state index < -0.39 is 0 Å². The number of ether oxygens (including phenoxy) is 2. The second-order valence-corrected chi connectivity index (χ2v) is 4.81. The Kier molecular flexibility index (Phi) is 4.62. The zero-order chi connectivity index (χ0) is 16.8. The van der Waals surface area contributed by atoms with Crippen LogP contribution in [0.25, 0.3) is 0 Å². The molecule has 4 N–H and O–H groups in total. The van der Waals surface area contributed by atoms with Crippen LogP contribution in [0.2, 0.25) is 0 Å². The third kappa shape index (κ3) is 3.46. The van der Waals surface area contributed by atoms with Crippen LogP contribution < -0.4 is 26.1 Å². The fourth-order valence-corrected chi connectivity index (χ4v) is 2.02. The highest BCUT2D eigenvalue weighted by Crippen LogP contribution is 2.34. The molecule has 0 saturated heterocycles. The van der Waals surface area contributed by atoms with Gasteiger partial charge in [0.25, 0.3) is 0 Å². The number of nitrogen functional groups attached to an aromatic ring is 1. The number of hydrogen-bond donors (Lipinski definition) is 3. The summed E-state index contributed by atoms with van der Waals surface area (Å²) in [5, 5.41) is 0. The van der Waals surface area contributed by atoms with Crippen molar-refractivity contribution in [1.82, 2.24) is 9.97 Å². The van der Waals surface area contributed by atoms with Gasteiger partial charge in [-0.3, -0.25) is 10.9 Å². The van der Waals surface area contributed by atoms with Gasteiger partial charge in [-0.05, 0) is 24.3 Å². The SMILES string of the molecule is COc1ccccc1Oc1ncnc(NNc2ccccc2)c1N. The molecule has 1 aromatic heterocycles. The number of anilines is 3. The van der Waals surface area contributed by atoms with Crippen molar-refractivity contribution >= 4 is 17.2 Å². The molecule has 7 heteroatoms. The van der Waals surface area contributed by atoms with E-state index in [4.69, 9.17) is 15.2 Å². The zero-order valence-electron chi connectivity index (χ0n) is 13.1. The highest BCUT2D eigenvalue weighted by atomic mass is 16.5. The van der Waals surface area contributed by atoms with E-state index in [1.54, 1.807) is 19.2 Å². The first kappa shape index (κ1) is 15.4. The maximum absolute atomic E-state index is 6.09. The molecule has 0 unspecified atom stereocenters. The summed E-state index contributed by atoms with van der Waals surface area (Å²) in [6.45, 7) is 0. The molecular formula is C17H17N5O2. The van der Waals surface area contributed by atoms with Crippen molar-refractivity contribution in [2.75, 3.05) is 23.7 Å². The largest absolute Gasteiger partial charge is 0.493 e. The third-order valence-corrected chi connectivity index (χ3v) is 3.22. The Balaban J connectivity index is 1.78. The average Bonchev–Trinajstić information content (AvgIpc) is 2.64. The molecule has 24 heavy (non-hydrogen) atoms. The minimum Gasteiger partial charge on any atom is -0.493 e. The Morgan fingerprint density at radius 2 is 1.58 bits per heavy atom. The summed E-state index contributed by atoms with van der Waals surface area (Å²) >= 11 is 0. The molecule has 1 heterocycles. The monoisotopic (exact) mass is 323 g/mol. The second kappa shape index (κ2) is 7.19. The van der Waals surface area contributed by atoms with Gasteiger partial charge in [0.05, 0.1) is 12.8 Å². The van der Waals surface area contributed by atoms with E-state index in [1.165, 1.54) is 6.33 Å². The normalized spacial score (nSPS) is 10.0. The lowest BCUT2D eigenvalue weighted by Crippen LogP contribution is -2.12. The highest BCUT2D eigenvalue weighted by Gasteiger charge is 2.12. The van der Waals surface area contributed by atoms with Crippen molar-refractivity contribution in [2.24, 2.45) is 0 Å². The Morgan fingerprint density at radius 1 is 0.875 bits per heavy atom. The molecule has 0 spiro atoms. The van der Waals surface area contributed by atoms with Gasteiger partial charge in [0, 0.05) is 0 Å². The van der Waals surface area contributed by atoms with E-state index in [1.807, 2.05) is 42.5 Å². The molecule has 2 aromatic carbocycles. The van der Waals surface area contributed by atoms with Gasteiger partial charge >= 0.3 is 0 Å². The van der Waals surface area contributed by atoms with Crippen molar-refractivity contribution in [1.29, 1.82) is 0 Å². The maximum atomic E-state index is 6.09. The lowest BCUT2D eigenvalue weighted by molar-refractivity contribution is 0.374. The number of nitrogens with one attached hydrogen (secondary N) is 2. The van der Waals surface area contributed by atoms with E-state index in [-0.39, 0.29) is 11.6 Å². The summed E-state index contributed by atoms with van der Waals surface area (Å²) in [4.78, 5) is 8.20. The van der Waals surface area contributed by atoms with E-state index in [2.05, 4.69) is 20.8 Å². The molecule has 0 amide bonds. The maximum Gasteiger partial charge on any atom is 0.248 e. The summed E-state index contributed by atoms with van der Waals surface area (Å²) in [5.41, 5.74) is 13.2. The van der Waals surface area contributed by atoms with Gasteiger partial charge in [-0.25, -0.2) is 4.98 Å². The van der Waals surface area contributed by atoms with E-state index >= 15 is 0 Å². The summed E-state index contributed by atoms with van der Waals surface area (Å²) in [5.74, 6) is 1.77. The van der Waals surface area contributed by atoms with Crippen LogP contribution in [0.1, 0.15) is 0 Å².